The van der Waals surface area contributed by atoms with Crippen LogP contribution in [-0.2, 0) is 22.4 Å². The fourth-order valence-electron chi connectivity index (χ4n) is 3.13. The second-order valence-corrected chi connectivity index (χ2v) is 9.16. The molecule has 0 spiro atoms. The van der Waals surface area contributed by atoms with Crippen LogP contribution in [0.4, 0.5) is 0 Å². The van der Waals surface area contributed by atoms with E-state index < -0.39 is 18.0 Å². The van der Waals surface area contributed by atoms with Crippen molar-refractivity contribution in [2.45, 2.75) is 23.8 Å². The first-order chi connectivity index (χ1) is 16.0. The molecule has 0 fully saturated rings. The van der Waals surface area contributed by atoms with Crippen LogP contribution in [0.3, 0.4) is 0 Å². The Kier molecular flexibility index (Phi) is 7.65. The molecular formula is C24H19Cl2N3O3S. The topological polar surface area (TPSA) is 84.4 Å². The molecule has 1 aromatic heterocycles. The number of halogens is 2. The van der Waals surface area contributed by atoms with E-state index in [1.54, 1.807) is 24.3 Å². The predicted molar refractivity (Wildman–Crippen MR) is 130 cm³/mol. The highest BCUT2D eigenvalue weighted by Crippen LogP contribution is 2.29. The third-order valence-electron chi connectivity index (χ3n) is 4.86. The van der Waals surface area contributed by atoms with Gasteiger partial charge in [-0.05, 0) is 54.3 Å². The molecule has 0 aliphatic carbocycles. The van der Waals surface area contributed by atoms with Crippen molar-refractivity contribution in [2.75, 3.05) is 5.75 Å². The minimum atomic E-state index is -1.09. The van der Waals surface area contributed by atoms with Crippen molar-refractivity contribution >= 4 is 53.1 Å². The Morgan fingerprint density at radius 3 is 2.67 bits per heavy atom. The van der Waals surface area contributed by atoms with Crippen LogP contribution >= 0.6 is 35.0 Å². The van der Waals surface area contributed by atoms with E-state index in [1.807, 2.05) is 36.4 Å². The van der Waals surface area contributed by atoms with Crippen molar-refractivity contribution in [3.05, 3.63) is 93.2 Å². The zero-order valence-corrected chi connectivity index (χ0v) is 19.7. The van der Waals surface area contributed by atoms with Gasteiger partial charge in [-0.15, -0.1) is 11.8 Å². The van der Waals surface area contributed by atoms with Gasteiger partial charge in [0.15, 0.2) is 5.69 Å². The number of nitrogens with one attached hydrogen (secondary N) is 1. The first-order valence-electron chi connectivity index (χ1n) is 10.1. The molecule has 1 unspecified atom stereocenters. The van der Waals surface area contributed by atoms with Crippen molar-refractivity contribution in [2.24, 2.45) is 4.99 Å². The Morgan fingerprint density at radius 1 is 1.06 bits per heavy atom. The summed E-state index contributed by atoms with van der Waals surface area (Å²) in [7, 11) is 0. The molecule has 0 saturated carbocycles. The molecule has 2 heterocycles. The average Bonchev–Trinajstić information content (AvgIpc) is 3.30. The number of ether oxygens (including phenoxy) is 1. The largest absolute Gasteiger partial charge is 0.443 e. The molecule has 6 nitrogen and oxygen atoms in total. The summed E-state index contributed by atoms with van der Waals surface area (Å²) in [6.07, 6.45) is 3.51. The van der Waals surface area contributed by atoms with Crippen molar-refractivity contribution in [3.63, 3.8) is 0 Å². The number of benzene rings is 2. The quantitative estimate of drug-likeness (QED) is 0.333. The Bertz CT molecular complexity index is 1220. The minimum absolute atomic E-state index is 0.126. The monoisotopic (exact) mass is 499 g/mol. The number of aliphatic imine (C=N–C) groups is 1. The van der Waals surface area contributed by atoms with E-state index in [0.29, 0.717) is 22.2 Å². The smallest absolute Gasteiger partial charge is 0.359 e. The lowest BCUT2D eigenvalue weighted by atomic mass is 10.1. The molecule has 0 bridgehead atoms. The highest BCUT2D eigenvalue weighted by molar-refractivity contribution is 7.99. The lowest BCUT2D eigenvalue weighted by Gasteiger charge is -2.15. The van der Waals surface area contributed by atoms with Gasteiger partial charge in [-0.25, -0.2) is 9.79 Å². The van der Waals surface area contributed by atoms with Gasteiger partial charge in [-0.2, -0.15) is 5.10 Å². The highest BCUT2D eigenvalue weighted by atomic mass is 35.5. The first-order valence-corrected chi connectivity index (χ1v) is 11.9. The van der Waals surface area contributed by atoms with Crippen LogP contribution in [0.2, 0.25) is 10.0 Å². The van der Waals surface area contributed by atoms with Gasteiger partial charge in [-0.3, -0.25) is 9.89 Å². The first kappa shape index (κ1) is 23.3. The number of amides is 1. The maximum absolute atomic E-state index is 12.5. The number of dihydropyridines is 1. The van der Waals surface area contributed by atoms with E-state index >= 15 is 0 Å². The summed E-state index contributed by atoms with van der Waals surface area (Å²) >= 11 is 13.5. The number of nitrogens with zero attached hydrogens (tertiary/aromatic N) is 2. The maximum Gasteiger partial charge on any atom is 0.359 e. The number of rotatable bonds is 8. The van der Waals surface area contributed by atoms with E-state index in [0.717, 1.165) is 22.6 Å². The van der Waals surface area contributed by atoms with Gasteiger partial charge in [0, 0.05) is 22.6 Å². The summed E-state index contributed by atoms with van der Waals surface area (Å²) in [4.78, 5) is 29.4. The molecule has 0 radical (unpaired) electrons. The SMILES string of the molecule is O=C(OC1C=C(CSc2ccc(Cl)c(Cl)c2)C=NC1=O)c1cc(CCc2ccccc2)[nH]n1. The molecule has 1 amide bonds. The molecule has 4 rings (SSSR count). The van der Waals surface area contributed by atoms with Gasteiger partial charge in [0.25, 0.3) is 5.91 Å². The van der Waals surface area contributed by atoms with Crippen LogP contribution in [0.1, 0.15) is 21.7 Å². The number of carbonyl (C=O) groups is 2. The minimum Gasteiger partial charge on any atom is -0.443 e. The van der Waals surface area contributed by atoms with Gasteiger partial charge in [0.05, 0.1) is 10.0 Å². The van der Waals surface area contributed by atoms with Gasteiger partial charge in [0.2, 0.25) is 6.10 Å². The van der Waals surface area contributed by atoms with Crippen LogP contribution in [0.5, 0.6) is 0 Å². The van der Waals surface area contributed by atoms with Crippen molar-refractivity contribution in [1.29, 1.82) is 0 Å². The van der Waals surface area contributed by atoms with Crippen molar-refractivity contribution in [1.82, 2.24) is 10.2 Å². The van der Waals surface area contributed by atoms with Gasteiger partial charge in [-0.1, -0.05) is 53.5 Å². The number of aromatic nitrogens is 2. The molecule has 168 valence electrons. The number of thioether (sulfide) groups is 1. The third kappa shape index (κ3) is 6.35. The standard InChI is InChI=1S/C24H19Cl2N3O3S/c25-19-9-8-18(12-20(19)26)33-14-16-10-22(23(30)27-13-16)32-24(31)21-11-17(28-29-21)7-6-15-4-2-1-3-5-15/h1-5,8-13,22H,6-7,14H2,(H,28,29). The average molecular weight is 500 g/mol. The molecule has 1 aliphatic heterocycles. The maximum atomic E-state index is 12.5. The molecule has 9 heteroatoms. The summed E-state index contributed by atoms with van der Waals surface area (Å²) in [5.41, 5.74) is 2.89. The molecule has 2 aromatic carbocycles. The fraction of sp³-hybridized carbons (Fsp3) is 0.167. The number of esters is 1. The van der Waals surface area contributed by atoms with Gasteiger partial charge >= 0.3 is 5.97 Å². The Labute approximate surface area is 205 Å². The van der Waals surface area contributed by atoms with E-state index in [9.17, 15) is 9.59 Å². The van der Waals surface area contributed by atoms with E-state index in [2.05, 4.69) is 15.2 Å². The Hall–Kier alpha value is -2.87. The summed E-state index contributed by atoms with van der Waals surface area (Å²) in [6, 6.07) is 17.0. The summed E-state index contributed by atoms with van der Waals surface area (Å²) in [5, 5.41) is 7.84. The van der Waals surface area contributed by atoms with Crippen molar-refractivity contribution < 1.29 is 14.3 Å². The molecule has 33 heavy (non-hydrogen) atoms. The van der Waals surface area contributed by atoms with Crippen LogP contribution in [0, 0.1) is 0 Å². The summed E-state index contributed by atoms with van der Waals surface area (Å²) in [5.74, 6) is -0.693. The van der Waals surface area contributed by atoms with E-state index in [4.69, 9.17) is 27.9 Å². The number of aromatic amines is 1. The zero-order chi connectivity index (χ0) is 23.2. The van der Waals surface area contributed by atoms with E-state index in [-0.39, 0.29) is 5.69 Å². The zero-order valence-electron chi connectivity index (χ0n) is 17.3. The second-order valence-electron chi connectivity index (χ2n) is 7.29. The summed E-state index contributed by atoms with van der Waals surface area (Å²) in [6.45, 7) is 0. The molecule has 0 saturated heterocycles. The number of carbonyl (C=O) groups excluding carboxylic acids is 2. The summed E-state index contributed by atoms with van der Waals surface area (Å²) < 4.78 is 5.37. The van der Waals surface area contributed by atoms with Gasteiger partial charge in [0.1, 0.15) is 0 Å². The predicted octanol–water partition coefficient (Wildman–Crippen LogP) is 5.36. The lowest BCUT2D eigenvalue weighted by molar-refractivity contribution is -0.124. The molecule has 3 aromatic rings. The molecule has 1 N–H and O–H groups in total. The number of hydrogen-bond acceptors (Lipinski definition) is 5. The van der Waals surface area contributed by atoms with Crippen LogP contribution in [-0.4, -0.2) is 40.1 Å². The number of H-pyrrole nitrogens is 1. The van der Waals surface area contributed by atoms with Crippen LogP contribution in [0.15, 0.2) is 76.1 Å². The Balaban J connectivity index is 1.34. The number of hydrogen-bond donors (Lipinski definition) is 1. The molecular weight excluding hydrogens is 481 g/mol. The molecule has 1 aliphatic rings. The lowest BCUT2D eigenvalue weighted by Crippen LogP contribution is -2.27. The number of aryl methyl sites for hydroxylation is 2. The third-order valence-corrected chi connectivity index (χ3v) is 6.67. The fourth-order valence-corrected chi connectivity index (χ4v) is 4.36. The van der Waals surface area contributed by atoms with Crippen LogP contribution < -0.4 is 0 Å². The van der Waals surface area contributed by atoms with Crippen LogP contribution in [0.25, 0.3) is 0 Å². The Morgan fingerprint density at radius 2 is 1.88 bits per heavy atom. The van der Waals surface area contributed by atoms with E-state index in [1.165, 1.54) is 23.5 Å². The molecule has 1 atom stereocenters. The van der Waals surface area contributed by atoms with Gasteiger partial charge < -0.3 is 4.74 Å². The van der Waals surface area contributed by atoms with Crippen molar-refractivity contribution in [3.8, 4) is 0 Å². The normalized spacial score (nSPS) is 15.4. The second kappa shape index (κ2) is 10.8. The highest BCUT2D eigenvalue weighted by Gasteiger charge is 2.25.